The first-order valence-corrected chi connectivity index (χ1v) is 12.1. The summed E-state index contributed by atoms with van der Waals surface area (Å²) in [7, 11) is 1.67. The summed E-state index contributed by atoms with van der Waals surface area (Å²) >= 11 is 0. The van der Waals surface area contributed by atoms with Crippen molar-refractivity contribution in [3.63, 3.8) is 0 Å². The zero-order chi connectivity index (χ0) is 23.7. The summed E-state index contributed by atoms with van der Waals surface area (Å²) in [4.78, 5) is 15.8. The number of ether oxygens (including phenoxy) is 3. The maximum absolute atomic E-state index is 13.6. The zero-order valence-corrected chi connectivity index (χ0v) is 20.3. The number of piperidine rings is 1. The van der Waals surface area contributed by atoms with Crippen LogP contribution in [0.15, 0.2) is 47.6 Å². The molecule has 7 nitrogen and oxygen atoms in total. The number of rotatable bonds is 5. The lowest BCUT2D eigenvalue weighted by atomic mass is 9.96. The molecule has 3 aliphatic rings. The Balaban J connectivity index is 1.38. The number of hydrogen-bond donors (Lipinski definition) is 0. The van der Waals surface area contributed by atoms with Gasteiger partial charge in [-0.3, -0.25) is 9.69 Å². The summed E-state index contributed by atoms with van der Waals surface area (Å²) in [6.45, 7) is 7.39. The number of carbonyl (C=O) groups excluding carboxylic acids is 1. The molecule has 2 aromatic carbocycles. The molecule has 34 heavy (non-hydrogen) atoms. The molecule has 0 aliphatic carbocycles. The highest BCUT2D eigenvalue weighted by Crippen LogP contribution is 2.38. The standard InChI is InChI=1S/C27H33N3O4/c1-19-8-9-21(16-20(19)2)23-17-24(22-6-4-5-7-25(22)32-3)30(28-23)26(31)18-29-12-10-27(11-13-29)33-14-15-34-27/h4-9,16,24H,10-15,17-18H2,1-3H3/t24-/m0/s1. The van der Waals surface area contributed by atoms with Crippen LogP contribution >= 0.6 is 0 Å². The highest BCUT2D eigenvalue weighted by Gasteiger charge is 2.41. The number of amides is 1. The van der Waals surface area contributed by atoms with Crippen LogP contribution in [0.25, 0.3) is 0 Å². The fourth-order valence-corrected chi connectivity index (χ4v) is 5.12. The van der Waals surface area contributed by atoms with Gasteiger partial charge in [-0.25, -0.2) is 5.01 Å². The molecule has 0 saturated carbocycles. The van der Waals surface area contributed by atoms with Crippen molar-refractivity contribution in [2.75, 3.05) is 40.0 Å². The molecule has 2 fully saturated rings. The maximum atomic E-state index is 13.6. The highest BCUT2D eigenvalue weighted by molar-refractivity contribution is 6.03. The van der Waals surface area contributed by atoms with E-state index in [0.29, 0.717) is 26.2 Å². The minimum atomic E-state index is -0.443. The molecule has 180 valence electrons. The van der Waals surface area contributed by atoms with Crippen LogP contribution in [0, 0.1) is 13.8 Å². The van der Waals surface area contributed by atoms with E-state index in [1.807, 2.05) is 24.3 Å². The van der Waals surface area contributed by atoms with Crippen molar-refractivity contribution in [2.45, 2.75) is 44.9 Å². The predicted octanol–water partition coefficient (Wildman–Crippen LogP) is 3.83. The third-order valence-electron chi connectivity index (χ3n) is 7.29. The van der Waals surface area contributed by atoms with Gasteiger partial charge in [-0.2, -0.15) is 5.10 Å². The average Bonchev–Trinajstić information content (AvgIpc) is 3.50. The largest absolute Gasteiger partial charge is 0.496 e. The van der Waals surface area contributed by atoms with E-state index in [-0.39, 0.29) is 11.9 Å². The molecule has 5 rings (SSSR count). The van der Waals surface area contributed by atoms with Crippen molar-refractivity contribution in [3.05, 3.63) is 64.7 Å². The Labute approximate surface area is 201 Å². The van der Waals surface area contributed by atoms with Crippen LogP contribution in [0.3, 0.4) is 0 Å². The second-order valence-corrected chi connectivity index (χ2v) is 9.43. The molecule has 0 radical (unpaired) electrons. The number of aryl methyl sites for hydroxylation is 2. The van der Waals surface area contributed by atoms with Gasteiger partial charge in [-0.1, -0.05) is 30.3 Å². The Morgan fingerprint density at radius 1 is 1.09 bits per heavy atom. The Morgan fingerprint density at radius 2 is 1.82 bits per heavy atom. The van der Waals surface area contributed by atoms with E-state index in [0.717, 1.165) is 48.5 Å². The first kappa shape index (κ1) is 23.0. The van der Waals surface area contributed by atoms with E-state index in [4.69, 9.17) is 19.3 Å². The van der Waals surface area contributed by atoms with Gasteiger partial charge in [0.05, 0.1) is 38.6 Å². The number of benzene rings is 2. The van der Waals surface area contributed by atoms with Crippen LogP contribution in [0.2, 0.25) is 0 Å². The molecule has 3 aliphatic heterocycles. The number of methoxy groups -OCH3 is 1. The number of likely N-dealkylation sites (tertiary alicyclic amines) is 1. The van der Waals surface area contributed by atoms with Gasteiger partial charge in [0.25, 0.3) is 5.91 Å². The number of hydrogen-bond acceptors (Lipinski definition) is 6. The molecule has 1 atom stereocenters. The van der Waals surface area contributed by atoms with Crippen molar-refractivity contribution in [2.24, 2.45) is 5.10 Å². The van der Waals surface area contributed by atoms with Crippen molar-refractivity contribution in [1.29, 1.82) is 0 Å². The average molecular weight is 464 g/mol. The molecule has 7 heteroatoms. The minimum absolute atomic E-state index is 0.000974. The summed E-state index contributed by atoms with van der Waals surface area (Å²) in [5.74, 6) is 0.332. The van der Waals surface area contributed by atoms with Gasteiger partial charge in [0.1, 0.15) is 5.75 Å². The van der Waals surface area contributed by atoms with Gasteiger partial charge >= 0.3 is 0 Å². The molecule has 2 saturated heterocycles. The number of carbonyl (C=O) groups is 1. The summed E-state index contributed by atoms with van der Waals surface area (Å²) in [6, 6.07) is 14.1. The lowest BCUT2D eigenvalue weighted by Crippen LogP contribution is -2.48. The van der Waals surface area contributed by atoms with Crippen LogP contribution in [-0.4, -0.2) is 67.3 Å². The highest BCUT2D eigenvalue weighted by atomic mass is 16.7. The molecular weight excluding hydrogens is 430 g/mol. The number of nitrogens with zero attached hydrogens (tertiary/aromatic N) is 3. The van der Waals surface area contributed by atoms with Crippen LogP contribution < -0.4 is 4.74 Å². The van der Waals surface area contributed by atoms with Crippen LogP contribution in [0.4, 0.5) is 0 Å². The fraction of sp³-hybridized carbons (Fsp3) is 0.481. The van der Waals surface area contributed by atoms with Gasteiger partial charge < -0.3 is 14.2 Å². The second kappa shape index (κ2) is 9.49. The van der Waals surface area contributed by atoms with Crippen LogP contribution in [0.5, 0.6) is 5.75 Å². The fourth-order valence-electron chi connectivity index (χ4n) is 5.12. The predicted molar refractivity (Wildman–Crippen MR) is 130 cm³/mol. The third-order valence-corrected chi connectivity index (χ3v) is 7.29. The van der Waals surface area contributed by atoms with Crippen LogP contribution in [0.1, 0.15) is 47.6 Å². The normalized spacial score (nSPS) is 22.3. The van der Waals surface area contributed by atoms with E-state index in [9.17, 15) is 4.79 Å². The second-order valence-electron chi connectivity index (χ2n) is 9.43. The molecule has 1 amide bonds. The Bertz CT molecular complexity index is 1080. The smallest absolute Gasteiger partial charge is 0.257 e. The molecule has 0 aromatic heterocycles. The Kier molecular flexibility index (Phi) is 6.42. The van der Waals surface area contributed by atoms with E-state index in [2.05, 4.69) is 36.9 Å². The van der Waals surface area contributed by atoms with Crippen molar-refractivity contribution < 1.29 is 19.0 Å². The molecule has 3 heterocycles. The first-order valence-electron chi connectivity index (χ1n) is 12.1. The lowest BCUT2D eigenvalue weighted by Gasteiger charge is -2.37. The topological polar surface area (TPSA) is 63.6 Å². The number of para-hydroxylation sites is 1. The summed E-state index contributed by atoms with van der Waals surface area (Å²) < 4.78 is 17.3. The summed E-state index contributed by atoms with van der Waals surface area (Å²) in [5, 5.41) is 6.54. The minimum Gasteiger partial charge on any atom is -0.496 e. The monoisotopic (exact) mass is 463 g/mol. The summed E-state index contributed by atoms with van der Waals surface area (Å²) in [5.41, 5.74) is 5.44. The molecule has 2 aromatic rings. The van der Waals surface area contributed by atoms with Gasteiger partial charge in [-0.15, -0.1) is 0 Å². The van der Waals surface area contributed by atoms with Crippen LogP contribution in [-0.2, 0) is 14.3 Å². The molecule has 1 spiro atoms. The van der Waals surface area contributed by atoms with Gasteiger partial charge in [0, 0.05) is 37.9 Å². The lowest BCUT2D eigenvalue weighted by molar-refractivity contribution is -0.186. The van der Waals surface area contributed by atoms with E-state index in [1.165, 1.54) is 11.1 Å². The Morgan fingerprint density at radius 3 is 2.53 bits per heavy atom. The van der Waals surface area contributed by atoms with E-state index < -0.39 is 5.79 Å². The van der Waals surface area contributed by atoms with Gasteiger partial charge in [0.2, 0.25) is 0 Å². The first-order chi connectivity index (χ1) is 16.5. The van der Waals surface area contributed by atoms with Crippen molar-refractivity contribution in [1.82, 2.24) is 9.91 Å². The molecule has 0 bridgehead atoms. The van der Waals surface area contributed by atoms with Crippen molar-refractivity contribution in [3.8, 4) is 5.75 Å². The third kappa shape index (κ3) is 4.48. The van der Waals surface area contributed by atoms with Gasteiger partial charge in [0.15, 0.2) is 5.79 Å². The van der Waals surface area contributed by atoms with E-state index in [1.54, 1.807) is 12.1 Å². The zero-order valence-electron chi connectivity index (χ0n) is 20.3. The maximum Gasteiger partial charge on any atom is 0.257 e. The summed E-state index contributed by atoms with van der Waals surface area (Å²) in [6.07, 6.45) is 2.22. The molecule has 0 N–H and O–H groups in total. The quantitative estimate of drug-likeness (QED) is 0.675. The molecule has 0 unspecified atom stereocenters. The number of hydrazone groups is 1. The van der Waals surface area contributed by atoms with Gasteiger partial charge in [-0.05, 0) is 42.7 Å². The Hall–Kier alpha value is -2.74. The molecular formula is C27H33N3O4. The van der Waals surface area contributed by atoms with Crippen molar-refractivity contribution >= 4 is 11.6 Å². The SMILES string of the molecule is COc1ccccc1[C@@H]1CC(c2ccc(C)c(C)c2)=NN1C(=O)CN1CCC2(CC1)OCCO2. The van der Waals surface area contributed by atoms with E-state index >= 15 is 0 Å².